The van der Waals surface area contributed by atoms with Gasteiger partial charge in [-0.25, -0.2) is 0 Å². The van der Waals surface area contributed by atoms with Gasteiger partial charge in [0.05, 0.1) is 0 Å². The van der Waals surface area contributed by atoms with Crippen LogP contribution < -0.4 is 0 Å². The van der Waals surface area contributed by atoms with Crippen molar-refractivity contribution in [2.75, 3.05) is 0 Å². The smallest absolute Gasteiger partial charge is 0.0401 e. The number of unbranched alkanes of at least 4 members (excludes halogenated alkanes) is 4. The van der Waals surface area contributed by atoms with Crippen molar-refractivity contribution in [2.24, 2.45) is 0 Å². The van der Waals surface area contributed by atoms with Crippen molar-refractivity contribution >= 4 is 0 Å². The first kappa shape index (κ1) is 14.4. The molecule has 0 saturated heterocycles. The summed E-state index contributed by atoms with van der Waals surface area (Å²) in [5.41, 5.74) is 2.13. The Morgan fingerprint density at radius 3 is 1.61 bits per heavy atom. The summed E-state index contributed by atoms with van der Waals surface area (Å²) in [6, 6.07) is 8.17. The van der Waals surface area contributed by atoms with Gasteiger partial charge >= 0.3 is 0 Å². The monoisotopic (exact) mass is 238 g/mol. The topological polar surface area (TPSA) is 0 Å². The van der Waals surface area contributed by atoms with E-state index < -0.39 is 0 Å². The Morgan fingerprint density at radius 2 is 1.22 bits per heavy atom. The highest BCUT2D eigenvalue weighted by molar-refractivity contribution is 5.49. The highest BCUT2D eigenvalue weighted by atomic mass is 14.0. The van der Waals surface area contributed by atoms with E-state index in [2.05, 4.69) is 49.7 Å². The molecule has 0 aliphatic carbocycles. The number of rotatable bonds is 4. The van der Waals surface area contributed by atoms with Crippen molar-refractivity contribution in [3.05, 3.63) is 35.4 Å². The molecule has 0 heteroatoms. The van der Waals surface area contributed by atoms with E-state index in [0.29, 0.717) is 0 Å². The first-order valence-corrected chi connectivity index (χ1v) is 6.95. The maximum Gasteiger partial charge on any atom is 0.0401 e. The third-order valence-corrected chi connectivity index (χ3v) is 2.68. The van der Waals surface area contributed by atoms with Gasteiger partial charge in [0.15, 0.2) is 0 Å². The molecule has 94 valence electrons. The molecule has 0 nitrogen and oxygen atoms in total. The van der Waals surface area contributed by atoms with E-state index in [1.165, 1.54) is 25.7 Å². The third kappa shape index (κ3) is 5.60. The summed E-state index contributed by atoms with van der Waals surface area (Å²) < 4.78 is 0. The molecule has 0 bridgehead atoms. The first-order chi connectivity index (χ1) is 8.88. The molecule has 0 saturated carbocycles. The predicted octanol–water partition coefficient (Wildman–Crippen LogP) is 4.77. The normalized spacial score (nSPS) is 9.00. The maximum atomic E-state index is 3.24. The van der Waals surface area contributed by atoms with E-state index >= 15 is 0 Å². The molecule has 0 atom stereocenters. The van der Waals surface area contributed by atoms with Gasteiger partial charge in [-0.2, -0.15) is 0 Å². The van der Waals surface area contributed by atoms with Crippen LogP contribution in [0, 0.1) is 23.7 Å². The zero-order valence-electron chi connectivity index (χ0n) is 11.6. The van der Waals surface area contributed by atoms with Crippen molar-refractivity contribution in [3.63, 3.8) is 0 Å². The molecule has 0 N–H and O–H groups in total. The molecule has 1 aromatic rings. The van der Waals surface area contributed by atoms with Crippen molar-refractivity contribution in [3.8, 4) is 23.7 Å². The standard InChI is InChI=1S/C18H22/c1-3-5-7-9-13-17-15-11-12-16-18(17)14-10-8-6-4-2/h11-12,15-16H,3-8H2,1-2H3. The zero-order valence-corrected chi connectivity index (χ0v) is 11.6. The van der Waals surface area contributed by atoms with Gasteiger partial charge in [0.2, 0.25) is 0 Å². The van der Waals surface area contributed by atoms with Crippen LogP contribution in [0.25, 0.3) is 0 Å². The largest absolute Gasteiger partial charge is 0.0978 e. The van der Waals surface area contributed by atoms with Crippen LogP contribution in [0.5, 0.6) is 0 Å². The molecule has 0 aliphatic heterocycles. The molecule has 0 amide bonds. The fraction of sp³-hybridized carbons (Fsp3) is 0.444. The second kappa shape index (κ2) is 9.38. The first-order valence-electron chi connectivity index (χ1n) is 6.95. The lowest BCUT2D eigenvalue weighted by Gasteiger charge is -1.95. The van der Waals surface area contributed by atoms with Crippen LogP contribution in [0.1, 0.15) is 63.5 Å². The summed E-state index contributed by atoms with van der Waals surface area (Å²) in [4.78, 5) is 0. The second-order valence-electron chi connectivity index (χ2n) is 4.36. The Balaban J connectivity index is 2.71. The molecule has 0 aliphatic rings. The van der Waals surface area contributed by atoms with Crippen molar-refractivity contribution in [2.45, 2.75) is 52.4 Å². The molecule has 18 heavy (non-hydrogen) atoms. The lowest BCUT2D eigenvalue weighted by atomic mass is 10.1. The molecule has 0 fully saturated rings. The molecular weight excluding hydrogens is 216 g/mol. The predicted molar refractivity (Wildman–Crippen MR) is 79.2 cm³/mol. The molecule has 0 heterocycles. The Labute approximate surface area is 112 Å². The van der Waals surface area contributed by atoms with E-state index in [-0.39, 0.29) is 0 Å². The minimum Gasteiger partial charge on any atom is -0.0978 e. The van der Waals surface area contributed by atoms with Crippen molar-refractivity contribution in [1.82, 2.24) is 0 Å². The molecule has 0 aromatic heterocycles. The highest BCUT2D eigenvalue weighted by Crippen LogP contribution is 2.06. The van der Waals surface area contributed by atoms with Crippen LogP contribution in [-0.2, 0) is 0 Å². The summed E-state index contributed by atoms with van der Waals surface area (Å²) in [5, 5.41) is 0. The van der Waals surface area contributed by atoms with E-state index in [0.717, 1.165) is 24.0 Å². The molecule has 0 spiro atoms. The summed E-state index contributed by atoms with van der Waals surface area (Å²) in [6.45, 7) is 4.38. The van der Waals surface area contributed by atoms with Gasteiger partial charge in [0.1, 0.15) is 0 Å². The maximum absolute atomic E-state index is 3.24. The summed E-state index contributed by atoms with van der Waals surface area (Å²) >= 11 is 0. The van der Waals surface area contributed by atoms with E-state index in [9.17, 15) is 0 Å². The average Bonchev–Trinajstić information content (AvgIpc) is 2.41. The average molecular weight is 238 g/mol. The Kier molecular flexibility index (Phi) is 7.50. The van der Waals surface area contributed by atoms with Crippen LogP contribution in [-0.4, -0.2) is 0 Å². The minimum absolute atomic E-state index is 0.980. The fourth-order valence-electron chi connectivity index (χ4n) is 1.55. The van der Waals surface area contributed by atoms with Crippen LogP contribution >= 0.6 is 0 Å². The Bertz CT molecular complexity index is 415. The lowest BCUT2D eigenvalue weighted by Crippen LogP contribution is -1.82. The van der Waals surface area contributed by atoms with Gasteiger partial charge < -0.3 is 0 Å². The van der Waals surface area contributed by atoms with Gasteiger partial charge in [0, 0.05) is 24.0 Å². The van der Waals surface area contributed by atoms with Crippen LogP contribution in [0.3, 0.4) is 0 Å². The van der Waals surface area contributed by atoms with E-state index in [4.69, 9.17) is 0 Å². The van der Waals surface area contributed by atoms with Gasteiger partial charge in [-0.05, 0) is 25.0 Å². The second-order valence-corrected chi connectivity index (χ2v) is 4.36. The summed E-state index contributed by atoms with van der Waals surface area (Å²) in [5.74, 6) is 12.9. The number of hydrogen-bond acceptors (Lipinski definition) is 0. The van der Waals surface area contributed by atoms with Gasteiger partial charge in [-0.1, -0.05) is 62.5 Å². The van der Waals surface area contributed by atoms with Crippen LogP contribution in [0.15, 0.2) is 24.3 Å². The van der Waals surface area contributed by atoms with Gasteiger partial charge in [0.25, 0.3) is 0 Å². The van der Waals surface area contributed by atoms with E-state index in [1.54, 1.807) is 0 Å². The highest BCUT2D eigenvalue weighted by Gasteiger charge is 1.93. The molecular formula is C18H22. The van der Waals surface area contributed by atoms with E-state index in [1.807, 2.05) is 12.1 Å². The van der Waals surface area contributed by atoms with Crippen molar-refractivity contribution < 1.29 is 0 Å². The molecule has 1 rings (SSSR count). The third-order valence-electron chi connectivity index (χ3n) is 2.68. The summed E-state index contributed by atoms with van der Waals surface area (Å²) in [7, 11) is 0. The van der Waals surface area contributed by atoms with Gasteiger partial charge in [-0.15, -0.1) is 0 Å². The Morgan fingerprint density at radius 1 is 0.778 bits per heavy atom. The fourth-order valence-corrected chi connectivity index (χ4v) is 1.55. The number of benzene rings is 1. The summed E-state index contributed by atoms with van der Waals surface area (Å²) in [6.07, 6.45) is 6.72. The molecule has 0 unspecified atom stereocenters. The van der Waals surface area contributed by atoms with Crippen LogP contribution in [0.4, 0.5) is 0 Å². The molecule has 0 radical (unpaired) electrons. The number of hydrogen-bond donors (Lipinski definition) is 0. The minimum atomic E-state index is 0.980. The zero-order chi connectivity index (χ0) is 13.1. The molecule has 1 aromatic carbocycles. The van der Waals surface area contributed by atoms with Crippen molar-refractivity contribution in [1.29, 1.82) is 0 Å². The van der Waals surface area contributed by atoms with Crippen LogP contribution in [0.2, 0.25) is 0 Å². The van der Waals surface area contributed by atoms with Gasteiger partial charge in [-0.3, -0.25) is 0 Å². The lowest BCUT2D eigenvalue weighted by molar-refractivity contribution is 0.828. The quantitative estimate of drug-likeness (QED) is 0.523. The Hall–Kier alpha value is -1.66. The SMILES string of the molecule is CCCCC#Cc1ccccc1C#CCCCC.